The molecular formula is C23H19F3N2O3. The summed E-state index contributed by atoms with van der Waals surface area (Å²) in [5.41, 5.74) is -0.567. The Morgan fingerprint density at radius 3 is 2.35 bits per heavy atom. The minimum Gasteiger partial charge on any atom is -0.464 e. The summed E-state index contributed by atoms with van der Waals surface area (Å²) in [6.45, 7) is 3.76. The summed E-state index contributed by atoms with van der Waals surface area (Å²) in [6.07, 6.45) is -3.01. The normalized spacial score (nSPS) is 15.6. The molecular weight excluding hydrogens is 409 g/mol. The largest absolute Gasteiger partial charge is 0.464 e. The lowest BCUT2D eigenvalue weighted by Crippen LogP contribution is -2.37. The summed E-state index contributed by atoms with van der Waals surface area (Å²) < 4.78 is 41.4. The molecule has 2 aromatic carbocycles. The third-order valence-corrected chi connectivity index (χ3v) is 5.48. The fourth-order valence-corrected chi connectivity index (χ4v) is 4.26. The van der Waals surface area contributed by atoms with Crippen LogP contribution in [0.5, 0.6) is 0 Å². The fraction of sp³-hybridized carbons (Fsp3) is 0.217. The molecule has 0 atom stereocenters. The van der Waals surface area contributed by atoms with Crippen molar-refractivity contribution in [3.63, 3.8) is 0 Å². The van der Waals surface area contributed by atoms with Crippen molar-refractivity contribution in [3.8, 4) is 0 Å². The van der Waals surface area contributed by atoms with Gasteiger partial charge >= 0.3 is 12.3 Å². The van der Waals surface area contributed by atoms with Crippen LogP contribution in [-0.2, 0) is 11.6 Å². The van der Waals surface area contributed by atoms with Gasteiger partial charge in [0.25, 0.3) is 5.91 Å². The van der Waals surface area contributed by atoms with Gasteiger partial charge in [0.05, 0.1) is 22.3 Å². The first-order chi connectivity index (χ1) is 14.5. The Balaban J connectivity index is 1.86. The number of fused-ring (bicyclic) bond motifs is 3. The lowest BCUT2D eigenvalue weighted by Gasteiger charge is -2.30. The van der Waals surface area contributed by atoms with E-state index in [1.807, 2.05) is 13.8 Å². The Labute approximate surface area is 176 Å². The standard InChI is InChI=1S/C23H19F3N2O3/c1-22(2)13-27(20(29)14-7-3-5-9-16(14)23(24,25)26)12-11-18-19(22)15-8-4-6-10-17(15)28(18)21(30)31/h3-12H,13H2,1-2H3,(H,30,31). The predicted octanol–water partition coefficient (Wildman–Crippen LogP) is 5.59. The topological polar surface area (TPSA) is 62.5 Å². The van der Waals surface area contributed by atoms with E-state index in [0.29, 0.717) is 11.2 Å². The van der Waals surface area contributed by atoms with Gasteiger partial charge in [0.2, 0.25) is 0 Å². The average molecular weight is 428 g/mol. The van der Waals surface area contributed by atoms with Crippen LogP contribution in [0.25, 0.3) is 17.0 Å². The molecule has 3 aromatic rings. The number of hydrogen-bond acceptors (Lipinski definition) is 2. The number of carboxylic acid groups (broad SMARTS) is 1. The average Bonchev–Trinajstić information content (AvgIpc) is 2.98. The van der Waals surface area contributed by atoms with Crippen LogP contribution in [0.3, 0.4) is 0 Å². The second-order valence-electron chi connectivity index (χ2n) is 8.07. The Hall–Kier alpha value is -3.55. The van der Waals surface area contributed by atoms with Gasteiger partial charge in [-0.2, -0.15) is 13.2 Å². The Morgan fingerprint density at radius 2 is 1.68 bits per heavy atom. The lowest BCUT2D eigenvalue weighted by atomic mass is 9.82. The summed E-state index contributed by atoms with van der Waals surface area (Å²) in [6, 6.07) is 11.7. The quantitative estimate of drug-likeness (QED) is 0.550. The second-order valence-corrected chi connectivity index (χ2v) is 8.07. The van der Waals surface area contributed by atoms with Crippen LogP contribution >= 0.6 is 0 Å². The molecule has 1 aromatic heterocycles. The van der Waals surface area contributed by atoms with Gasteiger partial charge in [-0.1, -0.05) is 44.2 Å². The van der Waals surface area contributed by atoms with Gasteiger partial charge in [0.1, 0.15) is 0 Å². The van der Waals surface area contributed by atoms with Crippen molar-refractivity contribution in [2.45, 2.75) is 25.4 Å². The predicted molar refractivity (Wildman–Crippen MR) is 110 cm³/mol. The zero-order valence-electron chi connectivity index (χ0n) is 16.8. The van der Waals surface area contributed by atoms with Crippen molar-refractivity contribution in [1.82, 2.24) is 9.47 Å². The number of nitrogens with zero attached hydrogens (tertiary/aromatic N) is 2. The van der Waals surface area contributed by atoms with Gasteiger partial charge in [0, 0.05) is 23.5 Å². The van der Waals surface area contributed by atoms with E-state index in [-0.39, 0.29) is 6.54 Å². The molecule has 1 aliphatic rings. The molecule has 1 amide bonds. The highest BCUT2D eigenvalue weighted by atomic mass is 19.4. The molecule has 8 heteroatoms. The first-order valence-corrected chi connectivity index (χ1v) is 9.55. The molecule has 0 bridgehead atoms. The van der Waals surface area contributed by atoms with E-state index >= 15 is 0 Å². The molecule has 1 N–H and O–H groups in total. The molecule has 0 saturated carbocycles. The zero-order chi connectivity index (χ0) is 22.6. The highest BCUT2D eigenvalue weighted by molar-refractivity contribution is 5.99. The summed E-state index contributed by atoms with van der Waals surface area (Å²) in [7, 11) is 0. The number of carbonyl (C=O) groups excluding carboxylic acids is 1. The van der Waals surface area contributed by atoms with Crippen LogP contribution in [0, 0.1) is 0 Å². The number of halogens is 3. The molecule has 31 heavy (non-hydrogen) atoms. The summed E-state index contributed by atoms with van der Waals surface area (Å²) in [5.74, 6) is -0.798. The lowest BCUT2D eigenvalue weighted by molar-refractivity contribution is -0.138. The molecule has 0 radical (unpaired) electrons. The molecule has 4 rings (SSSR count). The molecule has 0 unspecified atom stereocenters. The Bertz CT molecular complexity index is 1240. The highest BCUT2D eigenvalue weighted by Gasteiger charge is 2.39. The van der Waals surface area contributed by atoms with Crippen LogP contribution in [0.2, 0.25) is 0 Å². The molecule has 0 spiro atoms. The smallest absolute Gasteiger partial charge is 0.417 e. The minimum atomic E-state index is -4.67. The van der Waals surface area contributed by atoms with Crippen LogP contribution in [0.1, 0.15) is 41.0 Å². The molecule has 5 nitrogen and oxygen atoms in total. The number of hydrogen-bond donors (Lipinski definition) is 1. The Morgan fingerprint density at radius 1 is 1.03 bits per heavy atom. The monoisotopic (exact) mass is 428 g/mol. The minimum absolute atomic E-state index is 0.0785. The van der Waals surface area contributed by atoms with Crippen molar-refractivity contribution in [2.75, 3.05) is 6.54 Å². The van der Waals surface area contributed by atoms with Gasteiger partial charge < -0.3 is 10.0 Å². The van der Waals surface area contributed by atoms with E-state index < -0.39 is 34.7 Å². The van der Waals surface area contributed by atoms with E-state index in [4.69, 9.17) is 0 Å². The van der Waals surface area contributed by atoms with E-state index in [1.165, 1.54) is 29.3 Å². The molecule has 160 valence electrons. The van der Waals surface area contributed by atoms with Crippen molar-refractivity contribution < 1.29 is 27.9 Å². The zero-order valence-corrected chi connectivity index (χ0v) is 16.8. The maximum atomic E-state index is 13.4. The molecule has 2 heterocycles. The van der Waals surface area contributed by atoms with Crippen molar-refractivity contribution in [1.29, 1.82) is 0 Å². The third kappa shape index (κ3) is 3.37. The fourth-order valence-electron chi connectivity index (χ4n) is 4.26. The summed E-state index contributed by atoms with van der Waals surface area (Å²) in [5, 5.41) is 10.5. The molecule has 0 fully saturated rings. The number of alkyl halides is 3. The SMILES string of the molecule is CC1(C)CN(C(=O)c2ccccc2C(F)(F)F)C=Cc2c1c1ccccc1n2C(=O)O. The Kier molecular flexibility index (Phi) is 4.68. The van der Waals surface area contributed by atoms with Crippen LogP contribution < -0.4 is 0 Å². The van der Waals surface area contributed by atoms with Gasteiger partial charge in [-0.05, 0) is 29.8 Å². The van der Waals surface area contributed by atoms with Crippen molar-refractivity contribution >= 4 is 29.0 Å². The van der Waals surface area contributed by atoms with Crippen molar-refractivity contribution in [3.05, 3.63) is 77.1 Å². The van der Waals surface area contributed by atoms with Gasteiger partial charge in [-0.3, -0.25) is 4.79 Å². The van der Waals surface area contributed by atoms with E-state index in [9.17, 15) is 27.9 Å². The van der Waals surface area contributed by atoms with E-state index in [1.54, 1.807) is 24.3 Å². The maximum Gasteiger partial charge on any atom is 0.417 e. The maximum absolute atomic E-state index is 13.4. The number of aromatic nitrogens is 1. The van der Waals surface area contributed by atoms with Crippen LogP contribution in [0.15, 0.2) is 54.7 Å². The molecule has 1 aliphatic heterocycles. The highest BCUT2D eigenvalue weighted by Crippen LogP contribution is 2.40. The number of benzene rings is 2. The number of carbonyl (C=O) groups is 2. The number of rotatable bonds is 1. The van der Waals surface area contributed by atoms with Gasteiger partial charge in [0.15, 0.2) is 0 Å². The van der Waals surface area contributed by atoms with Crippen molar-refractivity contribution in [2.24, 2.45) is 0 Å². The van der Waals surface area contributed by atoms with Crippen LogP contribution in [-0.4, -0.2) is 33.1 Å². The third-order valence-electron chi connectivity index (χ3n) is 5.48. The first kappa shape index (κ1) is 20.7. The van der Waals surface area contributed by atoms with Gasteiger partial charge in [-0.25, -0.2) is 9.36 Å². The summed E-state index contributed by atoms with van der Waals surface area (Å²) in [4.78, 5) is 26.3. The molecule has 0 saturated heterocycles. The second kappa shape index (κ2) is 7.01. The molecule has 0 aliphatic carbocycles. The van der Waals surface area contributed by atoms with Gasteiger partial charge in [-0.15, -0.1) is 0 Å². The van der Waals surface area contributed by atoms with E-state index in [0.717, 1.165) is 27.6 Å². The van der Waals surface area contributed by atoms with Crippen LogP contribution in [0.4, 0.5) is 18.0 Å². The summed E-state index contributed by atoms with van der Waals surface area (Å²) >= 11 is 0. The number of para-hydroxylation sites is 1. The van der Waals surface area contributed by atoms with E-state index in [2.05, 4.69) is 0 Å². The number of amides is 1. The first-order valence-electron chi connectivity index (χ1n) is 9.55.